The van der Waals surface area contributed by atoms with Gasteiger partial charge in [-0.1, -0.05) is 12.1 Å². The first kappa shape index (κ1) is 17.2. The quantitative estimate of drug-likeness (QED) is 0.838. The van der Waals surface area contributed by atoms with Crippen LogP contribution in [-0.4, -0.2) is 35.1 Å². The Morgan fingerprint density at radius 1 is 1.18 bits per heavy atom. The number of aliphatic hydroxyl groups is 2. The minimum atomic E-state index is -0.674. The van der Waals surface area contributed by atoms with E-state index in [2.05, 4.69) is 0 Å². The lowest BCUT2D eigenvalue weighted by Crippen LogP contribution is -2.41. The summed E-state index contributed by atoms with van der Waals surface area (Å²) in [7, 11) is -0.674. The Balaban J connectivity index is 2.34. The maximum atomic E-state index is 13.2. The zero-order valence-electron chi connectivity index (χ0n) is 13.4. The van der Waals surface area contributed by atoms with Gasteiger partial charge in [0.1, 0.15) is 5.82 Å². The first-order valence-electron chi connectivity index (χ1n) is 7.26. The molecule has 0 radical (unpaired) electrons. The van der Waals surface area contributed by atoms with Crippen molar-refractivity contribution in [2.45, 2.75) is 45.5 Å². The Labute approximate surface area is 130 Å². The summed E-state index contributed by atoms with van der Waals surface area (Å²) in [5.41, 5.74) is 0.591. The Bertz CT molecular complexity index is 568. The van der Waals surface area contributed by atoms with Crippen molar-refractivity contribution in [3.05, 3.63) is 40.6 Å². The van der Waals surface area contributed by atoms with E-state index in [0.717, 1.165) is 0 Å². The molecule has 0 aliphatic carbocycles. The fourth-order valence-electron chi connectivity index (χ4n) is 2.23. The Kier molecular flexibility index (Phi) is 4.77. The van der Waals surface area contributed by atoms with Crippen LogP contribution in [0.3, 0.4) is 0 Å². The van der Waals surface area contributed by atoms with Crippen LogP contribution in [0.4, 0.5) is 4.39 Å². The molecule has 4 nitrogen and oxygen atoms in total. The third-order valence-electron chi connectivity index (χ3n) is 4.35. The zero-order valence-corrected chi connectivity index (χ0v) is 13.4. The highest BCUT2D eigenvalue weighted by Crippen LogP contribution is 2.38. The molecule has 0 amide bonds. The molecule has 1 aromatic carbocycles. The van der Waals surface area contributed by atoms with Gasteiger partial charge >= 0.3 is 7.12 Å². The fraction of sp³-hybridized carbons (Fsp3) is 0.500. The molecule has 0 saturated carbocycles. The van der Waals surface area contributed by atoms with E-state index in [1.54, 1.807) is 12.1 Å². The number of hydrogen-bond acceptors (Lipinski definition) is 4. The molecule has 0 unspecified atom stereocenters. The molecule has 0 atom stereocenters. The highest BCUT2D eigenvalue weighted by molar-refractivity contribution is 6.55. The molecule has 1 aliphatic rings. The molecule has 2 rings (SSSR count). The van der Waals surface area contributed by atoms with Crippen molar-refractivity contribution in [1.82, 2.24) is 0 Å². The van der Waals surface area contributed by atoms with Crippen LogP contribution in [0.1, 0.15) is 38.8 Å². The van der Waals surface area contributed by atoms with E-state index in [4.69, 9.17) is 9.31 Å². The second-order valence-corrected chi connectivity index (χ2v) is 6.47. The van der Waals surface area contributed by atoms with Crippen molar-refractivity contribution >= 4 is 13.2 Å². The van der Waals surface area contributed by atoms with Gasteiger partial charge in [0.05, 0.1) is 24.4 Å². The molecule has 2 N–H and O–H groups in total. The average Bonchev–Trinajstić information content (AvgIpc) is 2.65. The van der Waals surface area contributed by atoms with Crippen LogP contribution in [0.2, 0.25) is 0 Å². The summed E-state index contributed by atoms with van der Waals surface area (Å²) < 4.78 is 25.0. The third kappa shape index (κ3) is 3.25. The number of benzene rings is 1. The molecule has 0 bridgehead atoms. The summed E-state index contributed by atoms with van der Waals surface area (Å²) in [6, 6.07) is 4.14. The van der Waals surface area contributed by atoms with Crippen molar-refractivity contribution in [1.29, 1.82) is 0 Å². The minimum absolute atomic E-state index is 0.251. The van der Waals surface area contributed by atoms with Crippen molar-refractivity contribution in [3.63, 3.8) is 0 Å². The molecular formula is C16H22BFO4. The first-order chi connectivity index (χ1) is 10.2. The average molecular weight is 308 g/mol. The van der Waals surface area contributed by atoms with Crippen molar-refractivity contribution in [2.24, 2.45) is 0 Å². The van der Waals surface area contributed by atoms with Gasteiger partial charge in [-0.25, -0.2) is 4.39 Å². The summed E-state index contributed by atoms with van der Waals surface area (Å²) >= 11 is 0. The molecule has 1 aliphatic heterocycles. The third-order valence-corrected chi connectivity index (χ3v) is 4.35. The van der Waals surface area contributed by atoms with Gasteiger partial charge in [-0.15, -0.1) is 0 Å². The number of aliphatic hydroxyl groups excluding tert-OH is 2. The number of halogens is 1. The summed E-state index contributed by atoms with van der Waals surface area (Å²) in [6.07, 6.45) is 1.67. The number of rotatable bonds is 4. The van der Waals surface area contributed by atoms with Gasteiger partial charge in [0.25, 0.3) is 0 Å². The lowest BCUT2D eigenvalue weighted by Gasteiger charge is -2.32. The topological polar surface area (TPSA) is 58.9 Å². The van der Waals surface area contributed by atoms with E-state index in [1.807, 2.05) is 27.7 Å². The van der Waals surface area contributed by atoms with Gasteiger partial charge in [-0.3, -0.25) is 0 Å². The summed E-state index contributed by atoms with van der Waals surface area (Å²) in [4.78, 5) is 0. The minimum Gasteiger partial charge on any atom is -0.400 e. The van der Waals surface area contributed by atoms with E-state index in [-0.39, 0.29) is 13.2 Å². The van der Waals surface area contributed by atoms with E-state index in [9.17, 15) is 14.6 Å². The van der Waals surface area contributed by atoms with E-state index >= 15 is 0 Å². The Morgan fingerprint density at radius 3 is 2.27 bits per heavy atom. The largest absolute Gasteiger partial charge is 0.492 e. The normalized spacial score (nSPS) is 20.5. The van der Waals surface area contributed by atoms with Gasteiger partial charge in [-0.05, 0) is 56.4 Å². The molecule has 1 heterocycles. The SMILES string of the molecule is CC1(C)OB(C(=Cc2ccc(F)cc2CO)CO)OC1(C)C. The predicted molar refractivity (Wildman–Crippen MR) is 83.5 cm³/mol. The molecule has 0 aromatic heterocycles. The Hall–Kier alpha value is -1.21. The van der Waals surface area contributed by atoms with Crippen LogP contribution < -0.4 is 0 Å². The molecule has 1 aromatic rings. The zero-order chi connectivity index (χ0) is 16.5. The van der Waals surface area contributed by atoms with Crippen LogP contribution in [0.25, 0.3) is 6.08 Å². The highest BCUT2D eigenvalue weighted by atomic mass is 19.1. The maximum Gasteiger partial charge on any atom is 0.492 e. The van der Waals surface area contributed by atoms with Crippen LogP contribution in [0, 0.1) is 5.82 Å². The van der Waals surface area contributed by atoms with Crippen molar-refractivity contribution < 1.29 is 23.9 Å². The Morgan fingerprint density at radius 2 is 1.77 bits per heavy atom. The maximum absolute atomic E-state index is 13.2. The van der Waals surface area contributed by atoms with E-state index in [1.165, 1.54) is 12.1 Å². The van der Waals surface area contributed by atoms with E-state index in [0.29, 0.717) is 16.6 Å². The van der Waals surface area contributed by atoms with Gasteiger partial charge < -0.3 is 19.5 Å². The van der Waals surface area contributed by atoms with Gasteiger partial charge in [0.15, 0.2) is 0 Å². The predicted octanol–water partition coefficient (Wildman–Crippen LogP) is 2.33. The monoisotopic (exact) mass is 308 g/mol. The molecule has 6 heteroatoms. The lowest BCUT2D eigenvalue weighted by molar-refractivity contribution is 0.00578. The lowest BCUT2D eigenvalue weighted by atomic mass is 9.77. The van der Waals surface area contributed by atoms with Gasteiger partial charge in [-0.2, -0.15) is 0 Å². The second kappa shape index (κ2) is 6.12. The summed E-state index contributed by atoms with van der Waals surface area (Å²) in [5.74, 6) is -0.414. The molecular weight excluding hydrogens is 286 g/mol. The van der Waals surface area contributed by atoms with Crippen LogP contribution in [0.15, 0.2) is 23.7 Å². The molecule has 0 spiro atoms. The smallest absolute Gasteiger partial charge is 0.400 e. The standard InChI is InChI=1S/C16H22BFO4/c1-15(2)16(3,4)22-17(21-15)13(10-20)7-11-5-6-14(18)8-12(11)9-19/h5-8,19-20H,9-10H2,1-4H3. The fourth-order valence-corrected chi connectivity index (χ4v) is 2.23. The summed E-state index contributed by atoms with van der Waals surface area (Å²) in [6.45, 7) is 7.18. The van der Waals surface area contributed by atoms with E-state index < -0.39 is 24.1 Å². The van der Waals surface area contributed by atoms with Crippen LogP contribution in [-0.2, 0) is 15.9 Å². The van der Waals surface area contributed by atoms with Crippen LogP contribution >= 0.6 is 0 Å². The molecule has 22 heavy (non-hydrogen) atoms. The molecule has 1 fully saturated rings. The van der Waals surface area contributed by atoms with Crippen LogP contribution in [0.5, 0.6) is 0 Å². The second-order valence-electron chi connectivity index (χ2n) is 6.47. The van der Waals surface area contributed by atoms with Gasteiger partial charge in [0, 0.05) is 0 Å². The van der Waals surface area contributed by atoms with Crippen molar-refractivity contribution in [2.75, 3.05) is 6.61 Å². The van der Waals surface area contributed by atoms with Crippen molar-refractivity contribution in [3.8, 4) is 0 Å². The molecule has 120 valence electrons. The van der Waals surface area contributed by atoms with Gasteiger partial charge in [0.2, 0.25) is 0 Å². The first-order valence-corrected chi connectivity index (χ1v) is 7.26. The highest BCUT2D eigenvalue weighted by Gasteiger charge is 2.52. The molecule has 1 saturated heterocycles. The number of hydrogen-bond donors (Lipinski definition) is 2. The summed E-state index contributed by atoms with van der Waals surface area (Å²) in [5, 5.41) is 19.0.